The van der Waals surface area contributed by atoms with E-state index >= 15 is 0 Å². The number of hydrogen-bond donors (Lipinski definition) is 3. The molecule has 4 N–H and O–H groups in total. The Morgan fingerprint density at radius 3 is 2.19 bits per heavy atom. The lowest BCUT2D eigenvalue weighted by Gasteiger charge is -2.17. The van der Waals surface area contributed by atoms with Crippen molar-refractivity contribution in [2.24, 2.45) is 0 Å². The SMILES string of the molecule is Nc1c(F)cc(C(O)C(O)CCBr)cc1F. The van der Waals surface area contributed by atoms with Crippen LogP contribution in [-0.4, -0.2) is 21.6 Å². The van der Waals surface area contributed by atoms with Crippen LogP contribution in [0.2, 0.25) is 0 Å². The minimum atomic E-state index is -1.33. The van der Waals surface area contributed by atoms with Gasteiger partial charge in [-0.3, -0.25) is 0 Å². The first-order valence-electron chi connectivity index (χ1n) is 4.64. The number of nitrogens with two attached hydrogens (primary N) is 1. The molecule has 1 aromatic rings. The van der Waals surface area contributed by atoms with Crippen LogP contribution in [0.1, 0.15) is 18.1 Å². The molecule has 2 atom stereocenters. The summed E-state index contributed by atoms with van der Waals surface area (Å²) < 4.78 is 26.2. The third-order valence-corrected chi connectivity index (χ3v) is 2.67. The molecule has 0 amide bonds. The molecule has 1 aromatic carbocycles. The van der Waals surface area contributed by atoms with E-state index in [9.17, 15) is 19.0 Å². The molecule has 0 radical (unpaired) electrons. The van der Waals surface area contributed by atoms with Gasteiger partial charge < -0.3 is 15.9 Å². The van der Waals surface area contributed by atoms with Gasteiger partial charge in [-0.05, 0) is 24.1 Å². The van der Waals surface area contributed by atoms with Gasteiger partial charge in [0, 0.05) is 5.33 Å². The molecule has 0 aliphatic carbocycles. The van der Waals surface area contributed by atoms with Gasteiger partial charge in [-0.15, -0.1) is 0 Å². The van der Waals surface area contributed by atoms with Gasteiger partial charge in [0.1, 0.15) is 23.4 Å². The molecular formula is C10H12BrF2NO2. The van der Waals surface area contributed by atoms with Crippen molar-refractivity contribution >= 4 is 21.6 Å². The summed E-state index contributed by atoms with van der Waals surface area (Å²) in [6.07, 6.45) is -2.14. The molecule has 0 bridgehead atoms. The number of hydrogen-bond acceptors (Lipinski definition) is 3. The zero-order chi connectivity index (χ0) is 12.3. The maximum atomic E-state index is 13.1. The molecule has 1 rings (SSSR count). The van der Waals surface area contributed by atoms with Crippen LogP contribution >= 0.6 is 15.9 Å². The molecule has 6 heteroatoms. The second-order valence-electron chi connectivity index (χ2n) is 3.39. The number of halogens is 3. The maximum absolute atomic E-state index is 13.1. The zero-order valence-corrected chi connectivity index (χ0v) is 9.92. The van der Waals surface area contributed by atoms with E-state index in [1.807, 2.05) is 0 Å². The van der Waals surface area contributed by atoms with Crippen molar-refractivity contribution in [3.05, 3.63) is 29.3 Å². The van der Waals surface area contributed by atoms with E-state index in [-0.39, 0.29) is 12.0 Å². The fourth-order valence-corrected chi connectivity index (χ4v) is 1.74. The highest BCUT2D eigenvalue weighted by atomic mass is 79.9. The molecule has 90 valence electrons. The number of anilines is 1. The molecule has 0 saturated carbocycles. The van der Waals surface area contributed by atoms with Crippen molar-refractivity contribution in [3.63, 3.8) is 0 Å². The number of rotatable bonds is 4. The Morgan fingerprint density at radius 2 is 1.75 bits per heavy atom. The molecule has 16 heavy (non-hydrogen) atoms. The Kier molecular flexibility index (Phi) is 4.64. The van der Waals surface area contributed by atoms with Crippen molar-refractivity contribution < 1.29 is 19.0 Å². The van der Waals surface area contributed by atoms with Crippen molar-refractivity contribution in [1.82, 2.24) is 0 Å². The monoisotopic (exact) mass is 295 g/mol. The first-order valence-corrected chi connectivity index (χ1v) is 5.76. The summed E-state index contributed by atoms with van der Waals surface area (Å²) in [6, 6.07) is 1.83. The maximum Gasteiger partial charge on any atom is 0.149 e. The summed E-state index contributed by atoms with van der Waals surface area (Å²) in [5, 5.41) is 19.6. The number of aliphatic hydroxyl groups excluding tert-OH is 2. The fraction of sp³-hybridized carbons (Fsp3) is 0.400. The van der Waals surface area contributed by atoms with Crippen LogP contribution in [0.3, 0.4) is 0 Å². The number of nitrogen functional groups attached to an aromatic ring is 1. The van der Waals surface area contributed by atoms with Gasteiger partial charge in [-0.2, -0.15) is 0 Å². The lowest BCUT2D eigenvalue weighted by molar-refractivity contribution is 0.0170. The first-order chi connectivity index (χ1) is 7.47. The number of aliphatic hydroxyl groups is 2. The quantitative estimate of drug-likeness (QED) is 0.585. The van der Waals surface area contributed by atoms with E-state index in [1.165, 1.54) is 0 Å². The van der Waals surface area contributed by atoms with Gasteiger partial charge in [-0.1, -0.05) is 15.9 Å². The van der Waals surface area contributed by atoms with E-state index in [4.69, 9.17) is 5.73 Å². The molecule has 0 spiro atoms. The molecule has 3 nitrogen and oxygen atoms in total. The second-order valence-corrected chi connectivity index (χ2v) is 4.18. The van der Waals surface area contributed by atoms with Crippen molar-refractivity contribution in [2.45, 2.75) is 18.6 Å². The van der Waals surface area contributed by atoms with Gasteiger partial charge in [0.25, 0.3) is 0 Å². The van der Waals surface area contributed by atoms with Gasteiger partial charge in [0.05, 0.1) is 6.10 Å². The summed E-state index contributed by atoms with van der Waals surface area (Å²) in [4.78, 5) is 0. The van der Waals surface area contributed by atoms with E-state index in [2.05, 4.69) is 15.9 Å². The first kappa shape index (κ1) is 13.3. The predicted octanol–water partition coefficient (Wildman–Crippen LogP) is 1.73. The van der Waals surface area contributed by atoms with Gasteiger partial charge in [0.2, 0.25) is 0 Å². The number of benzene rings is 1. The highest BCUT2D eigenvalue weighted by Crippen LogP contribution is 2.25. The van der Waals surface area contributed by atoms with Crippen LogP contribution in [0, 0.1) is 11.6 Å². The zero-order valence-electron chi connectivity index (χ0n) is 8.33. The molecule has 0 heterocycles. The van der Waals surface area contributed by atoms with Gasteiger partial charge >= 0.3 is 0 Å². The molecular weight excluding hydrogens is 284 g/mol. The van der Waals surface area contributed by atoms with E-state index in [0.717, 1.165) is 12.1 Å². The second kappa shape index (κ2) is 5.56. The van der Waals surface area contributed by atoms with Crippen LogP contribution in [0.4, 0.5) is 14.5 Å². The Morgan fingerprint density at radius 1 is 1.25 bits per heavy atom. The Balaban J connectivity index is 2.96. The van der Waals surface area contributed by atoms with Crippen LogP contribution in [-0.2, 0) is 0 Å². The van der Waals surface area contributed by atoms with E-state index < -0.39 is 29.5 Å². The van der Waals surface area contributed by atoms with Crippen molar-refractivity contribution in [2.75, 3.05) is 11.1 Å². The van der Waals surface area contributed by atoms with Crippen molar-refractivity contribution in [1.29, 1.82) is 0 Å². The molecule has 0 aliphatic heterocycles. The van der Waals surface area contributed by atoms with Gasteiger partial charge in [-0.25, -0.2) is 8.78 Å². The Labute approximate surface area is 100 Å². The Bertz CT molecular complexity index is 353. The highest BCUT2D eigenvalue weighted by Gasteiger charge is 2.20. The summed E-state index contributed by atoms with van der Waals surface area (Å²) in [7, 11) is 0. The molecule has 0 saturated heterocycles. The molecule has 0 aliphatic rings. The molecule has 2 unspecified atom stereocenters. The van der Waals surface area contributed by atoms with E-state index in [0.29, 0.717) is 5.33 Å². The van der Waals surface area contributed by atoms with Crippen LogP contribution in [0.5, 0.6) is 0 Å². The largest absolute Gasteiger partial charge is 0.394 e. The lowest BCUT2D eigenvalue weighted by Crippen LogP contribution is -2.19. The lowest BCUT2D eigenvalue weighted by atomic mass is 10.0. The third-order valence-electron chi connectivity index (χ3n) is 2.21. The van der Waals surface area contributed by atoms with Crippen LogP contribution < -0.4 is 5.73 Å². The highest BCUT2D eigenvalue weighted by molar-refractivity contribution is 9.09. The summed E-state index contributed by atoms with van der Waals surface area (Å²) in [5.41, 5.74) is 4.46. The summed E-state index contributed by atoms with van der Waals surface area (Å²) in [6.45, 7) is 0. The van der Waals surface area contributed by atoms with E-state index in [1.54, 1.807) is 0 Å². The number of alkyl halides is 1. The minimum Gasteiger partial charge on any atom is -0.394 e. The van der Waals surface area contributed by atoms with Crippen LogP contribution in [0.15, 0.2) is 12.1 Å². The molecule has 0 fully saturated rings. The fourth-order valence-electron chi connectivity index (χ4n) is 1.27. The average Bonchev–Trinajstić information content (AvgIpc) is 2.24. The normalized spacial score (nSPS) is 14.8. The smallest absolute Gasteiger partial charge is 0.149 e. The summed E-state index contributed by atoms with van der Waals surface area (Å²) >= 11 is 3.09. The predicted molar refractivity (Wildman–Crippen MR) is 60.1 cm³/mol. The minimum absolute atomic E-state index is 0.0300. The topological polar surface area (TPSA) is 66.5 Å². The average molecular weight is 296 g/mol. The Hall–Kier alpha value is -0.720. The van der Waals surface area contributed by atoms with Crippen molar-refractivity contribution in [3.8, 4) is 0 Å². The molecule has 0 aromatic heterocycles. The third kappa shape index (κ3) is 2.90. The van der Waals surface area contributed by atoms with Crippen LogP contribution in [0.25, 0.3) is 0 Å². The standard InChI is InChI=1S/C10H12BrF2NO2/c11-2-1-8(15)10(16)5-3-6(12)9(14)7(13)4-5/h3-4,8,10,15-16H,1-2,14H2. The van der Waals surface area contributed by atoms with Gasteiger partial charge in [0.15, 0.2) is 0 Å². The summed E-state index contributed by atoms with van der Waals surface area (Å²) in [5.74, 6) is -1.89.